The minimum absolute atomic E-state index is 0.240. The molecule has 2 bridgehead atoms. The van der Waals surface area contributed by atoms with Crippen molar-refractivity contribution in [2.75, 3.05) is 0 Å². The molecule has 1 aromatic heterocycles. The molecular weight excluding hydrogens is 208 g/mol. The van der Waals surface area contributed by atoms with Crippen LogP contribution in [-0.2, 0) is 0 Å². The van der Waals surface area contributed by atoms with E-state index in [0.29, 0.717) is 17.9 Å². The number of nitrogens with zero attached hydrogens (tertiary/aromatic N) is 1. The molecule has 2 aliphatic rings. The zero-order valence-corrected chi connectivity index (χ0v) is 9.30. The fourth-order valence-corrected chi connectivity index (χ4v) is 3.45. The van der Waals surface area contributed by atoms with E-state index >= 15 is 0 Å². The van der Waals surface area contributed by atoms with Crippen molar-refractivity contribution in [2.45, 2.75) is 37.8 Å². The Balaban J connectivity index is 1.75. The van der Waals surface area contributed by atoms with Crippen LogP contribution in [0.2, 0.25) is 0 Å². The topological polar surface area (TPSA) is 42.0 Å². The van der Waals surface area contributed by atoms with Gasteiger partial charge in [0.2, 0.25) is 0 Å². The molecule has 1 aromatic rings. The molecule has 0 saturated carbocycles. The summed E-state index contributed by atoms with van der Waals surface area (Å²) in [5.74, 6) is 0.556. The van der Waals surface area contributed by atoms with Crippen molar-refractivity contribution in [2.24, 2.45) is 5.92 Å². The number of carbonyl (C=O) groups is 1. The number of piperidine rings is 1. The number of hydrogen-bond acceptors (Lipinski definition) is 4. The molecule has 3 heterocycles. The lowest BCUT2D eigenvalue weighted by atomic mass is 9.88. The molecule has 0 aromatic carbocycles. The van der Waals surface area contributed by atoms with Gasteiger partial charge in [-0.1, -0.05) is 0 Å². The van der Waals surface area contributed by atoms with Crippen molar-refractivity contribution in [3.05, 3.63) is 16.6 Å². The van der Waals surface area contributed by atoms with Crippen LogP contribution >= 0.6 is 11.3 Å². The number of nitrogens with one attached hydrogen (secondary N) is 1. The monoisotopic (exact) mass is 222 g/mol. The molecule has 80 valence electrons. The molecule has 1 N–H and O–H groups in total. The minimum Gasteiger partial charge on any atom is -0.311 e. The third-order valence-electron chi connectivity index (χ3n) is 3.52. The number of hydrogen-bond donors (Lipinski definition) is 1. The number of Topliss-reactive ketones (excluding diaryl/α,β-unsaturated/α-hetero) is 1. The zero-order valence-electron chi connectivity index (χ0n) is 8.48. The molecule has 15 heavy (non-hydrogen) atoms. The lowest BCUT2D eigenvalue weighted by Gasteiger charge is -2.27. The maximum atomic E-state index is 12.1. The zero-order chi connectivity index (χ0) is 10.3. The van der Waals surface area contributed by atoms with Gasteiger partial charge < -0.3 is 5.32 Å². The van der Waals surface area contributed by atoms with Gasteiger partial charge in [-0.15, -0.1) is 11.3 Å². The first-order valence-electron chi connectivity index (χ1n) is 5.51. The largest absolute Gasteiger partial charge is 0.311 e. The number of rotatable bonds is 2. The van der Waals surface area contributed by atoms with Crippen LogP contribution in [0.5, 0.6) is 0 Å². The Morgan fingerprint density at radius 3 is 2.73 bits per heavy atom. The first kappa shape index (κ1) is 9.48. The van der Waals surface area contributed by atoms with Crippen LogP contribution in [0.1, 0.15) is 35.4 Å². The molecule has 0 aliphatic carbocycles. The highest BCUT2D eigenvalue weighted by Crippen LogP contribution is 2.33. The second-order valence-corrected chi connectivity index (χ2v) is 5.42. The summed E-state index contributed by atoms with van der Waals surface area (Å²) in [5.41, 5.74) is 1.74. The van der Waals surface area contributed by atoms with Gasteiger partial charge in [0, 0.05) is 24.2 Å². The van der Waals surface area contributed by atoms with E-state index in [1.807, 2.05) is 0 Å². The standard InChI is InChI=1S/C11H14N2OS/c14-11(10-5-12-6-15-10)7-3-8-1-2-9(4-7)13-8/h5-9,13H,1-4H2. The molecule has 2 aliphatic heterocycles. The average Bonchev–Trinajstić information content (AvgIpc) is 2.87. The van der Waals surface area contributed by atoms with Crippen LogP contribution in [0.3, 0.4) is 0 Å². The van der Waals surface area contributed by atoms with Crippen molar-refractivity contribution >= 4 is 17.1 Å². The third-order valence-corrected chi connectivity index (χ3v) is 4.31. The predicted molar refractivity (Wildman–Crippen MR) is 59.1 cm³/mol. The Kier molecular flexibility index (Phi) is 2.33. The molecule has 2 atom stereocenters. The highest BCUT2D eigenvalue weighted by Gasteiger charge is 2.37. The second kappa shape index (κ2) is 3.68. The lowest BCUT2D eigenvalue weighted by molar-refractivity contribution is 0.0880. The first-order chi connectivity index (χ1) is 7.33. The van der Waals surface area contributed by atoms with Gasteiger partial charge in [-0.05, 0) is 25.7 Å². The normalized spacial score (nSPS) is 34.3. The van der Waals surface area contributed by atoms with Crippen LogP contribution in [0, 0.1) is 5.92 Å². The Morgan fingerprint density at radius 1 is 1.40 bits per heavy atom. The van der Waals surface area contributed by atoms with Crippen LogP contribution in [0.4, 0.5) is 0 Å². The summed E-state index contributed by atoms with van der Waals surface area (Å²) in [6.07, 6.45) is 6.24. The number of fused-ring (bicyclic) bond motifs is 2. The van der Waals surface area contributed by atoms with Gasteiger partial charge in [-0.2, -0.15) is 0 Å². The SMILES string of the molecule is O=C(c1cncs1)C1CC2CCC(C1)N2. The van der Waals surface area contributed by atoms with Gasteiger partial charge in [0.25, 0.3) is 0 Å². The van der Waals surface area contributed by atoms with E-state index in [2.05, 4.69) is 10.3 Å². The van der Waals surface area contributed by atoms with E-state index in [1.165, 1.54) is 24.2 Å². The second-order valence-electron chi connectivity index (χ2n) is 4.54. The van der Waals surface area contributed by atoms with E-state index in [1.54, 1.807) is 11.7 Å². The molecular formula is C11H14N2OS. The van der Waals surface area contributed by atoms with E-state index in [-0.39, 0.29) is 5.92 Å². The molecule has 0 radical (unpaired) electrons. The Hall–Kier alpha value is -0.740. The number of carbonyl (C=O) groups excluding carboxylic acids is 1. The fourth-order valence-electron chi connectivity index (χ4n) is 2.81. The summed E-state index contributed by atoms with van der Waals surface area (Å²) in [6.45, 7) is 0. The Morgan fingerprint density at radius 2 is 2.13 bits per heavy atom. The molecule has 2 saturated heterocycles. The Labute approximate surface area is 92.9 Å². The third kappa shape index (κ3) is 1.72. The molecule has 4 heteroatoms. The minimum atomic E-state index is 0.240. The molecule has 0 spiro atoms. The molecule has 2 fully saturated rings. The molecule has 2 unspecified atom stereocenters. The van der Waals surface area contributed by atoms with Gasteiger partial charge in [-0.3, -0.25) is 9.78 Å². The summed E-state index contributed by atoms with van der Waals surface area (Å²) in [7, 11) is 0. The number of ketones is 1. The van der Waals surface area contributed by atoms with Crippen molar-refractivity contribution in [3.63, 3.8) is 0 Å². The van der Waals surface area contributed by atoms with Gasteiger partial charge in [0.1, 0.15) is 0 Å². The van der Waals surface area contributed by atoms with Gasteiger partial charge in [0.05, 0.1) is 10.4 Å². The van der Waals surface area contributed by atoms with Crippen molar-refractivity contribution in [1.29, 1.82) is 0 Å². The van der Waals surface area contributed by atoms with Crippen molar-refractivity contribution in [3.8, 4) is 0 Å². The van der Waals surface area contributed by atoms with Crippen molar-refractivity contribution < 1.29 is 4.79 Å². The van der Waals surface area contributed by atoms with E-state index in [0.717, 1.165) is 17.7 Å². The summed E-state index contributed by atoms with van der Waals surface area (Å²) >= 11 is 1.47. The summed E-state index contributed by atoms with van der Waals surface area (Å²) in [6, 6.07) is 1.18. The highest BCUT2D eigenvalue weighted by atomic mass is 32.1. The molecule has 3 nitrogen and oxygen atoms in total. The quantitative estimate of drug-likeness (QED) is 0.777. The van der Waals surface area contributed by atoms with E-state index in [4.69, 9.17) is 0 Å². The number of aromatic nitrogens is 1. The van der Waals surface area contributed by atoms with E-state index in [9.17, 15) is 4.79 Å². The van der Waals surface area contributed by atoms with Crippen LogP contribution in [0.15, 0.2) is 11.7 Å². The fraction of sp³-hybridized carbons (Fsp3) is 0.636. The van der Waals surface area contributed by atoms with Gasteiger partial charge in [-0.25, -0.2) is 0 Å². The molecule has 0 amide bonds. The number of thiazole rings is 1. The highest BCUT2D eigenvalue weighted by molar-refractivity contribution is 7.11. The predicted octanol–water partition coefficient (Wildman–Crippen LogP) is 1.86. The first-order valence-corrected chi connectivity index (χ1v) is 6.39. The van der Waals surface area contributed by atoms with Gasteiger partial charge >= 0.3 is 0 Å². The van der Waals surface area contributed by atoms with Gasteiger partial charge in [0.15, 0.2) is 5.78 Å². The average molecular weight is 222 g/mol. The Bertz CT molecular complexity index is 351. The van der Waals surface area contributed by atoms with Crippen LogP contribution in [0.25, 0.3) is 0 Å². The van der Waals surface area contributed by atoms with Crippen LogP contribution < -0.4 is 5.32 Å². The maximum absolute atomic E-state index is 12.1. The lowest BCUT2D eigenvalue weighted by Crippen LogP contribution is -2.40. The summed E-state index contributed by atoms with van der Waals surface area (Å²) in [5, 5.41) is 3.56. The summed E-state index contributed by atoms with van der Waals surface area (Å²) in [4.78, 5) is 16.9. The molecule has 3 rings (SSSR count). The summed E-state index contributed by atoms with van der Waals surface area (Å²) < 4.78 is 0. The van der Waals surface area contributed by atoms with Crippen molar-refractivity contribution in [1.82, 2.24) is 10.3 Å². The van der Waals surface area contributed by atoms with Crippen LogP contribution in [-0.4, -0.2) is 22.9 Å². The van der Waals surface area contributed by atoms with E-state index < -0.39 is 0 Å². The smallest absolute Gasteiger partial charge is 0.177 e. The maximum Gasteiger partial charge on any atom is 0.177 e.